The number of halogens is 1. The van der Waals surface area contributed by atoms with Gasteiger partial charge in [0.25, 0.3) is 0 Å². The van der Waals surface area contributed by atoms with E-state index in [1.54, 1.807) is 31.4 Å². The molecule has 3 atom stereocenters. The number of hydrogen-bond acceptors (Lipinski definition) is 20. The fourth-order valence-electron chi connectivity index (χ4n) is 10.6. The van der Waals surface area contributed by atoms with Crippen molar-refractivity contribution in [2.45, 2.75) is 91.0 Å². The van der Waals surface area contributed by atoms with Crippen LogP contribution in [0.4, 0.5) is 17.5 Å². The number of carbonyl (C=O) groups is 3. The molecule has 24 nitrogen and oxygen atoms in total. The van der Waals surface area contributed by atoms with E-state index in [9.17, 15) is 14.4 Å². The lowest BCUT2D eigenvalue weighted by molar-refractivity contribution is -0.143. The summed E-state index contributed by atoms with van der Waals surface area (Å²) in [4.78, 5) is 69.5. The fraction of sp³-hybridized carbons (Fsp3) is 0.250. The van der Waals surface area contributed by atoms with Crippen LogP contribution in [0.25, 0.3) is 66.9 Å². The highest BCUT2D eigenvalue weighted by molar-refractivity contribution is 6.17. The summed E-state index contributed by atoms with van der Waals surface area (Å²) in [5.74, 6) is 5.66. The van der Waals surface area contributed by atoms with Crippen LogP contribution in [0.1, 0.15) is 105 Å². The number of fused-ring (bicyclic) bond motifs is 3. The lowest BCUT2D eigenvalue weighted by Crippen LogP contribution is -2.24. The summed E-state index contributed by atoms with van der Waals surface area (Å²) in [5.41, 5.74) is 22.2. The van der Waals surface area contributed by atoms with Crippen molar-refractivity contribution in [3.63, 3.8) is 0 Å². The van der Waals surface area contributed by atoms with E-state index in [2.05, 4.69) is 206 Å². The molecule has 0 spiro atoms. The first-order chi connectivity index (χ1) is 49.3. The second-order valence-electron chi connectivity index (χ2n) is 23.1. The van der Waals surface area contributed by atoms with Gasteiger partial charge in [-0.15, -0.1) is 11.6 Å². The highest BCUT2D eigenvalue weighted by Gasteiger charge is 2.17. The molecule has 0 saturated heterocycles. The zero-order valence-corrected chi connectivity index (χ0v) is 58.0. The average Bonchev–Trinajstić information content (AvgIpc) is 1.67. The van der Waals surface area contributed by atoms with Gasteiger partial charge in [0.2, 0.25) is 5.91 Å². The number of nitrogens with zero attached hydrogens (tertiary/aromatic N) is 6. The van der Waals surface area contributed by atoms with Gasteiger partial charge >= 0.3 is 11.9 Å². The number of aromatic nitrogens is 9. The first-order valence-corrected chi connectivity index (χ1v) is 33.8. The molecular weight excluding hydrogens is 1300 g/mol. The molecule has 6 aromatic carbocycles. The lowest BCUT2D eigenvalue weighted by atomic mass is 10.1. The zero-order chi connectivity index (χ0) is 71.7. The molecule has 15 N–H and O–H groups in total. The van der Waals surface area contributed by atoms with Crippen molar-refractivity contribution in [1.82, 2.24) is 61.0 Å². The van der Waals surface area contributed by atoms with Crippen molar-refractivity contribution >= 4 is 80.0 Å². The van der Waals surface area contributed by atoms with Gasteiger partial charge in [0.05, 0.1) is 42.2 Å². The van der Waals surface area contributed by atoms with E-state index >= 15 is 0 Å². The third kappa shape index (κ3) is 22.8. The van der Waals surface area contributed by atoms with E-state index in [1.807, 2.05) is 85.8 Å². The molecule has 0 aliphatic carbocycles. The molecule has 0 saturated carbocycles. The predicted molar refractivity (Wildman–Crippen MR) is 398 cm³/mol. The van der Waals surface area contributed by atoms with E-state index in [0.717, 1.165) is 101 Å². The van der Waals surface area contributed by atoms with Gasteiger partial charge in [-0.25, -0.2) is 41.3 Å². The van der Waals surface area contributed by atoms with Crippen molar-refractivity contribution in [1.29, 1.82) is 0 Å². The van der Waals surface area contributed by atoms with Crippen molar-refractivity contribution in [3.05, 3.63) is 234 Å². The first kappa shape index (κ1) is 75.8. The number of alkyl halides is 1. The summed E-state index contributed by atoms with van der Waals surface area (Å²) in [5, 5.41) is 34.8. The number of ether oxygens (including phenoxy) is 2. The van der Waals surface area contributed by atoms with Gasteiger partial charge in [0.15, 0.2) is 0 Å². The van der Waals surface area contributed by atoms with Crippen LogP contribution in [-0.2, 0) is 42.8 Å². The molecule has 1 amide bonds. The zero-order valence-electron chi connectivity index (χ0n) is 57.2. The van der Waals surface area contributed by atoms with Gasteiger partial charge < -0.3 is 62.0 Å². The summed E-state index contributed by atoms with van der Waals surface area (Å²) >= 11 is 5.87. The molecule has 0 bridgehead atoms. The van der Waals surface area contributed by atoms with Crippen molar-refractivity contribution in [2.24, 2.45) is 11.6 Å². The quantitative estimate of drug-likeness (QED) is 0.00748. The molecule has 0 radical (unpaired) electrons. The Morgan fingerprint density at radius 3 is 1.11 bits per heavy atom. The number of hydrogen-bond donors (Lipinski definition) is 13. The van der Waals surface area contributed by atoms with Crippen LogP contribution in [-0.4, -0.2) is 106 Å². The normalized spacial score (nSPS) is 11.6. The number of hydroxylamine groups is 1. The summed E-state index contributed by atoms with van der Waals surface area (Å²) in [6.07, 6.45) is 5.65. The number of H-pyrrole nitrogens is 3. The molecule has 12 rings (SSSR count). The van der Waals surface area contributed by atoms with Crippen LogP contribution >= 0.6 is 11.6 Å². The number of benzene rings is 6. The molecule has 25 heteroatoms. The summed E-state index contributed by atoms with van der Waals surface area (Å²) in [7, 11) is 0. The second kappa shape index (κ2) is 40.2. The van der Waals surface area contributed by atoms with Crippen molar-refractivity contribution in [3.8, 4) is 33.8 Å². The predicted octanol–water partition coefficient (Wildman–Crippen LogP) is 13.4. The smallest absolute Gasteiger partial charge is 0.307 e. The molecule has 12 aromatic rings. The number of aromatic amines is 3. The van der Waals surface area contributed by atoms with Gasteiger partial charge in [-0.1, -0.05) is 164 Å². The maximum Gasteiger partial charge on any atom is 0.307 e. The van der Waals surface area contributed by atoms with Crippen LogP contribution < -0.4 is 43.7 Å². The molecule has 0 aliphatic rings. The van der Waals surface area contributed by atoms with Gasteiger partial charge in [-0.05, 0) is 103 Å². The fourth-order valence-corrected chi connectivity index (χ4v) is 10.8. The largest absolute Gasteiger partial charge is 0.466 e. The number of carbonyl (C=O) groups excluding carboxylic acids is 3. The van der Waals surface area contributed by atoms with Gasteiger partial charge in [-0.3, -0.25) is 19.6 Å². The lowest BCUT2D eigenvalue weighted by Gasteiger charge is -2.15. The SMILES string of the molecule is CCOC(=O)CCN.CCOC(=O)CCNCc1ccc(-c2cc3c(N[C@H](C)c4ccccc4)ncnc3[nH]2)cc1.C[C@@H](Nc1ncnc2[nH]c(-c3ccc(CCl)cc3)cc12)c1ccccc1.C[C@@H](Nc1ncnc2[nH]c(-c3ccc(CNCCC(=O)NO)cc3)cc12)c1ccccc1.NO. The van der Waals surface area contributed by atoms with Crippen molar-refractivity contribution in [2.75, 3.05) is 48.8 Å². The summed E-state index contributed by atoms with van der Waals surface area (Å²) < 4.78 is 9.50. The molecule has 6 heterocycles. The molecular formula is C76H88ClN17O7. The van der Waals surface area contributed by atoms with Crippen LogP contribution in [0.5, 0.6) is 0 Å². The first-order valence-electron chi connectivity index (χ1n) is 33.2. The highest BCUT2D eigenvalue weighted by Crippen LogP contribution is 2.33. The number of nitrogens with two attached hydrogens (primary N) is 2. The molecule has 6 aromatic heterocycles. The maximum absolute atomic E-state index is 11.4. The Bertz CT molecular complexity index is 4440. The van der Waals surface area contributed by atoms with Crippen LogP contribution in [0, 0.1) is 0 Å². The minimum atomic E-state index is -0.401. The van der Waals surface area contributed by atoms with E-state index in [4.69, 9.17) is 32.5 Å². The Labute approximate surface area is 591 Å². The molecule has 0 fully saturated rings. The Balaban J connectivity index is 0.000000181. The Hall–Kier alpha value is -11.0. The number of rotatable bonds is 27. The minimum absolute atomic E-state index is 0.114. The van der Waals surface area contributed by atoms with Crippen LogP contribution in [0.3, 0.4) is 0 Å². The summed E-state index contributed by atoms with van der Waals surface area (Å²) in [6.45, 7) is 13.6. The van der Waals surface area contributed by atoms with E-state index < -0.39 is 5.91 Å². The molecule has 0 unspecified atom stereocenters. The van der Waals surface area contributed by atoms with Crippen molar-refractivity contribution < 1.29 is 34.3 Å². The topological polar surface area (TPSA) is 359 Å². The minimum Gasteiger partial charge on any atom is -0.466 e. The van der Waals surface area contributed by atoms with E-state index in [0.29, 0.717) is 64.7 Å². The summed E-state index contributed by atoms with van der Waals surface area (Å²) in [6, 6.07) is 62.2. The average molecular weight is 1390 g/mol. The van der Waals surface area contributed by atoms with Crippen LogP contribution in [0.15, 0.2) is 201 Å². The standard InChI is InChI=1S/C26H29N5O2.C24H26N6O2.C21H19ClN4.C5H11NO2.H3NO/c1-3-33-24(32)13-14-27-16-19-9-11-21(12-10-19)23-15-22-25(28-17-29-26(22)31-23)30-18(2)20-7-5-4-6-8-20;1-16(18-5-3-2-4-6-18)28-23-20-13-21(29-24(20)27-15-26-23)19-9-7-17(8-10-19)14-25-12-11-22(31)30-32;1-14(16-5-3-2-4-6-16)25-20-18-11-19(26-21(18)24-13-23-20)17-9-7-15(12-22)8-10-17;1-2-8-5(7)3-4-6;1-2/h4-12,15,17-18,27H,3,13-14,16H2,1-2H3,(H2,28,29,30,31);2-10,13,15-16,25,32H,11-12,14H2,1H3,(H,30,31)(H2,26,27,28,29);2-11,13-14H,12H2,1H3,(H2,23,24,25,26);2-4,6H2,1H3;2H,1H2/t18-;16-;14-;;/m111../s1. The van der Waals surface area contributed by atoms with Gasteiger partial charge in [0.1, 0.15) is 53.4 Å². The number of esters is 2. The number of nitrogens with one attached hydrogen (secondary N) is 9. The van der Waals surface area contributed by atoms with Gasteiger partial charge in [0, 0.05) is 80.2 Å². The Morgan fingerprint density at radius 1 is 0.465 bits per heavy atom. The third-order valence-electron chi connectivity index (χ3n) is 16.0. The molecule has 526 valence electrons. The van der Waals surface area contributed by atoms with E-state index in [-0.39, 0.29) is 36.5 Å². The number of anilines is 3. The Morgan fingerprint density at radius 2 is 0.792 bits per heavy atom. The van der Waals surface area contributed by atoms with E-state index in [1.165, 1.54) is 16.7 Å². The molecule has 0 aliphatic heterocycles. The maximum atomic E-state index is 11.4. The second-order valence-corrected chi connectivity index (χ2v) is 23.4. The molecule has 101 heavy (non-hydrogen) atoms. The third-order valence-corrected chi connectivity index (χ3v) is 16.3. The number of amides is 1. The van der Waals surface area contributed by atoms with Gasteiger partial charge in [-0.2, -0.15) is 0 Å². The van der Waals surface area contributed by atoms with Crippen LogP contribution in [0.2, 0.25) is 0 Å². The highest BCUT2D eigenvalue weighted by atomic mass is 35.5. The monoisotopic (exact) mass is 1390 g/mol. The Kier molecular flexibility index (Phi) is 30.2.